The lowest BCUT2D eigenvalue weighted by molar-refractivity contribution is -0.146. The Morgan fingerprint density at radius 2 is 1.78 bits per heavy atom. The van der Waals surface area contributed by atoms with Gasteiger partial charge in [0.2, 0.25) is 12.0 Å². The average molecular weight is 368 g/mol. The standard InChI is InChI=1S/C21H24N2O4/c1-3-13-23(15(2)20(24)22-16-9-5-4-6-10-16)21(25)19-14-26-17-11-7-8-12-18(17)27-19/h4-12,15,19H,3,13-14H2,1-2H3,(H,22,24). The maximum Gasteiger partial charge on any atom is 0.267 e. The molecule has 2 amide bonds. The van der Waals surface area contributed by atoms with Crippen LogP contribution >= 0.6 is 0 Å². The van der Waals surface area contributed by atoms with Gasteiger partial charge in [0, 0.05) is 12.2 Å². The fourth-order valence-electron chi connectivity index (χ4n) is 2.97. The molecule has 1 heterocycles. The summed E-state index contributed by atoms with van der Waals surface area (Å²) in [6.45, 7) is 4.28. The van der Waals surface area contributed by atoms with Crippen molar-refractivity contribution in [3.05, 3.63) is 54.6 Å². The Hall–Kier alpha value is -3.02. The van der Waals surface area contributed by atoms with Crippen molar-refractivity contribution in [2.24, 2.45) is 0 Å². The predicted octanol–water partition coefficient (Wildman–Crippen LogP) is 3.09. The van der Waals surface area contributed by atoms with Crippen molar-refractivity contribution in [1.82, 2.24) is 4.90 Å². The Kier molecular flexibility index (Phi) is 5.96. The Morgan fingerprint density at radius 1 is 1.11 bits per heavy atom. The highest BCUT2D eigenvalue weighted by Gasteiger charge is 2.34. The highest BCUT2D eigenvalue weighted by atomic mass is 16.6. The number of hydrogen-bond acceptors (Lipinski definition) is 4. The van der Waals surface area contributed by atoms with Crippen molar-refractivity contribution in [1.29, 1.82) is 0 Å². The van der Waals surface area contributed by atoms with Crippen LogP contribution in [0.1, 0.15) is 20.3 Å². The summed E-state index contributed by atoms with van der Waals surface area (Å²) in [5.74, 6) is 0.681. The smallest absolute Gasteiger partial charge is 0.267 e. The molecule has 2 unspecified atom stereocenters. The van der Waals surface area contributed by atoms with E-state index in [2.05, 4.69) is 5.32 Å². The second-order valence-corrected chi connectivity index (χ2v) is 6.43. The van der Waals surface area contributed by atoms with E-state index in [1.165, 1.54) is 0 Å². The number of ether oxygens (including phenoxy) is 2. The molecule has 1 aliphatic rings. The van der Waals surface area contributed by atoms with Gasteiger partial charge in [0.15, 0.2) is 11.5 Å². The van der Waals surface area contributed by atoms with Crippen molar-refractivity contribution >= 4 is 17.5 Å². The first kappa shape index (κ1) is 18.8. The van der Waals surface area contributed by atoms with Gasteiger partial charge in [-0.15, -0.1) is 0 Å². The number of hydrogen-bond donors (Lipinski definition) is 1. The van der Waals surface area contributed by atoms with Crippen LogP contribution in [0.15, 0.2) is 54.6 Å². The van der Waals surface area contributed by atoms with Gasteiger partial charge in [-0.25, -0.2) is 0 Å². The average Bonchev–Trinajstić information content (AvgIpc) is 2.71. The van der Waals surface area contributed by atoms with E-state index in [1.807, 2.05) is 49.4 Å². The van der Waals surface area contributed by atoms with Gasteiger partial charge in [0.25, 0.3) is 5.91 Å². The summed E-state index contributed by atoms with van der Waals surface area (Å²) in [6.07, 6.45) is -0.0304. The third-order valence-electron chi connectivity index (χ3n) is 4.42. The molecule has 1 N–H and O–H groups in total. The number of nitrogens with zero attached hydrogens (tertiary/aromatic N) is 1. The second kappa shape index (κ2) is 8.58. The molecule has 1 aliphatic heterocycles. The molecule has 27 heavy (non-hydrogen) atoms. The van der Waals surface area contributed by atoms with Crippen molar-refractivity contribution < 1.29 is 19.1 Å². The molecule has 142 valence electrons. The SMILES string of the molecule is CCCN(C(=O)C1COc2ccccc2O1)C(C)C(=O)Nc1ccccc1. The number of para-hydroxylation sites is 3. The van der Waals surface area contributed by atoms with Gasteiger partial charge in [-0.2, -0.15) is 0 Å². The fourth-order valence-corrected chi connectivity index (χ4v) is 2.97. The molecule has 0 saturated carbocycles. The van der Waals surface area contributed by atoms with Crippen LogP contribution in [0, 0.1) is 0 Å². The van der Waals surface area contributed by atoms with Gasteiger partial charge in [-0.1, -0.05) is 37.3 Å². The summed E-state index contributed by atoms with van der Waals surface area (Å²) in [6, 6.07) is 15.8. The van der Waals surface area contributed by atoms with E-state index in [0.29, 0.717) is 23.7 Å². The fraction of sp³-hybridized carbons (Fsp3) is 0.333. The number of benzene rings is 2. The van der Waals surface area contributed by atoms with Crippen molar-refractivity contribution in [2.45, 2.75) is 32.4 Å². The summed E-state index contributed by atoms with van der Waals surface area (Å²) < 4.78 is 11.5. The first-order valence-electron chi connectivity index (χ1n) is 9.15. The Morgan fingerprint density at radius 3 is 2.48 bits per heavy atom. The quantitative estimate of drug-likeness (QED) is 0.851. The van der Waals surface area contributed by atoms with Crippen LogP contribution < -0.4 is 14.8 Å². The summed E-state index contributed by atoms with van der Waals surface area (Å²) >= 11 is 0. The minimum absolute atomic E-state index is 0.128. The van der Waals surface area contributed by atoms with Gasteiger partial charge >= 0.3 is 0 Å². The molecule has 0 spiro atoms. The van der Waals surface area contributed by atoms with Gasteiger partial charge in [-0.3, -0.25) is 9.59 Å². The van der Waals surface area contributed by atoms with Crippen LogP contribution in [0.25, 0.3) is 0 Å². The van der Waals surface area contributed by atoms with Gasteiger partial charge in [0.1, 0.15) is 12.6 Å². The second-order valence-electron chi connectivity index (χ2n) is 6.43. The molecular weight excluding hydrogens is 344 g/mol. The number of nitrogens with one attached hydrogen (secondary N) is 1. The summed E-state index contributed by atoms with van der Waals surface area (Å²) in [5, 5.41) is 2.85. The largest absolute Gasteiger partial charge is 0.485 e. The van der Waals surface area contributed by atoms with Crippen LogP contribution in [-0.2, 0) is 9.59 Å². The number of rotatable bonds is 6. The molecule has 2 atom stereocenters. The Balaban J connectivity index is 1.70. The molecule has 0 radical (unpaired) electrons. The maximum atomic E-state index is 13.0. The highest BCUT2D eigenvalue weighted by Crippen LogP contribution is 2.31. The molecule has 6 heteroatoms. The molecule has 6 nitrogen and oxygen atoms in total. The number of fused-ring (bicyclic) bond motifs is 1. The Bertz CT molecular complexity index is 794. The molecule has 0 bridgehead atoms. The van der Waals surface area contributed by atoms with Crippen LogP contribution in [0.5, 0.6) is 11.5 Å². The van der Waals surface area contributed by atoms with E-state index in [-0.39, 0.29) is 18.4 Å². The molecule has 0 aromatic heterocycles. The lowest BCUT2D eigenvalue weighted by Crippen LogP contribution is -2.53. The van der Waals surface area contributed by atoms with Gasteiger partial charge in [-0.05, 0) is 37.6 Å². The van der Waals surface area contributed by atoms with Gasteiger partial charge < -0.3 is 19.7 Å². The summed E-state index contributed by atoms with van der Waals surface area (Å²) in [7, 11) is 0. The molecule has 2 aromatic rings. The van der Waals surface area contributed by atoms with Crippen molar-refractivity contribution in [3.63, 3.8) is 0 Å². The van der Waals surface area contributed by atoms with E-state index < -0.39 is 12.1 Å². The van der Waals surface area contributed by atoms with Crippen LogP contribution in [0.3, 0.4) is 0 Å². The molecule has 0 fully saturated rings. The maximum absolute atomic E-state index is 13.0. The topological polar surface area (TPSA) is 67.9 Å². The monoisotopic (exact) mass is 368 g/mol. The zero-order valence-corrected chi connectivity index (χ0v) is 15.6. The molecular formula is C21H24N2O4. The normalized spacial score (nSPS) is 16.3. The van der Waals surface area contributed by atoms with Gasteiger partial charge in [0.05, 0.1) is 0 Å². The minimum atomic E-state index is -0.765. The summed E-state index contributed by atoms with van der Waals surface area (Å²) in [4.78, 5) is 27.2. The molecule has 0 saturated heterocycles. The lowest BCUT2D eigenvalue weighted by Gasteiger charge is -2.33. The van der Waals surface area contributed by atoms with Crippen molar-refractivity contribution in [2.75, 3.05) is 18.5 Å². The number of anilines is 1. The third kappa shape index (κ3) is 4.39. The van der Waals surface area contributed by atoms with Crippen LogP contribution in [0.2, 0.25) is 0 Å². The van der Waals surface area contributed by atoms with E-state index in [0.717, 1.165) is 6.42 Å². The van der Waals surface area contributed by atoms with Crippen LogP contribution in [-0.4, -0.2) is 42.0 Å². The molecule has 2 aromatic carbocycles. The van der Waals surface area contributed by atoms with E-state index in [4.69, 9.17) is 9.47 Å². The van der Waals surface area contributed by atoms with Crippen LogP contribution in [0.4, 0.5) is 5.69 Å². The highest BCUT2D eigenvalue weighted by molar-refractivity contribution is 5.97. The van der Waals surface area contributed by atoms with E-state index in [9.17, 15) is 9.59 Å². The van der Waals surface area contributed by atoms with E-state index in [1.54, 1.807) is 24.0 Å². The molecule has 3 rings (SSSR count). The summed E-state index contributed by atoms with van der Waals surface area (Å²) in [5.41, 5.74) is 0.699. The van der Waals surface area contributed by atoms with Crippen molar-refractivity contribution in [3.8, 4) is 11.5 Å². The molecule has 0 aliphatic carbocycles. The zero-order valence-electron chi connectivity index (χ0n) is 15.6. The number of carbonyl (C=O) groups is 2. The first-order chi connectivity index (χ1) is 13.1. The number of carbonyl (C=O) groups excluding carboxylic acids is 2. The third-order valence-corrected chi connectivity index (χ3v) is 4.42. The van der Waals surface area contributed by atoms with E-state index >= 15 is 0 Å². The Labute approximate surface area is 159 Å². The first-order valence-corrected chi connectivity index (χ1v) is 9.15. The minimum Gasteiger partial charge on any atom is -0.485 e. The lowest BCUT2D eigenvalue weighted by atomic mass is 10.2. The number of amides is 2. The zero-order chi connectivity index (χ0) is 19.2. The predicted molar refractivity (Wildman–Crippen MR) is 103 cm³/mol.